The number of alkyl halides is 3. The Bertz CT molecular complexity index is 995. The largest absolute Gasteiger partial charge is 0.416 e. The van der Waals surface area contributed by atoms with Crippen molar-refractivity contribution in [2.24, 2.45) is 0 Å². The van der Waals surface area contributed by atoms with Gasteiger partial charge in [0.25, 0.3) is 5.78 Å². The van der Waals surface area contributed by atoms with Crippen molar-refractivity contribution in [2.45, 2.75) is 39.4 Å². The standard InChI is InChI=1S/C19H20F3N5O/c1-12-16(13(2)27-18(25-12)23-11-24-27)8-9-17(28)26(3)10-14-4-6-15(7-5-14)19(20,21)22/h4-7,11H,8-10H2,1-3H3. The van der Waals surface area contributed by atoms with Crippen molar-refractivity contribution in [3.63, 3.8) is 0 Å². The first-order valence-corrected chi connectivity index (χ1v) is 8.72. The summed E-state index contributed by atoms with van der Waals surface area (Å²) < 4.78 is 39.5. The van der Waals surface area contributed by atoms with Gasteiger partial charge in [-0.3, -0.25) is 4.79 Å². The van der Waals surface area contributed by atoms with Crippen molar-refractivity contribution in [1.29, 1.82) is 0 Å². The van der Waals surface area contributed by atoms with E-state index >= 15 is 0 Å². The lowest BCUT2D eigenvalue weighted by molar-refractivity contribution is -0.137. The highest BCUT2D eigenvalue weighted by molar-refractivity contribution is 5.76. The van der Waals surface area contributed by atoms with E-state index in [1.54, 1.807) is 11.6 Å². The molecule has 1 amide bonds. The van der Waals surface area contributed by atoms with Crippen LogP contribution in [0.2, 0.25) is 0 Å². The second-order valence-corrected chi connectivity index (χ2v) is 6.68. The zero-order valence-corrected chi connectivity index (χ0v) is 15.8. The molecule has 0 bridgehead atoms. The minimum atomic E-state index is -4.37. The Hall–Kier alpha value is -2.97. The van der Waals surface area contributed by atoms with Crippen molar-refractivity contribution in [1.82, 2.24) is 24.5 Å². The lowest BCUT2D eigenvalue weighted by Crippen LogP contribution is -2.26. The van der Waals surface area contributed by atoms with Crippen LogP contribution >= 0.6 is 0 Å². The molecule has 0 aliphatic heterocycles. The van der Waals surface area contributed by atoms with Gasteiger partial charge >= 0.3 is 6.18 Å². The Balaban J connectivity index is 1.63. The Morgan fingerprint density at radius 2 is 1.86 bits per heavy atom. The molecule has 6 nitrogen and oxygen atoms in total. The van der Waals surface area contributed by atoms with E-state index < -0.39 is 11.7 Å². The van der Waals surface area contributed by atoms with E-state index in [0.29, 0.717) is 17.8 Å². The van der Waals surface area contributed by atoms with Crippen molar-refractivity contribution in [3.05, 3.63) is 58.7 Å². The number of aryl methyl sites for hydroxylation is 2. The lowest BCUT2D eigenvalue weighted by atomic mass is 10.1. The Morgan fingerprint density at radius 1 is 1.18 bits per heavy atom. The second kappa shape index (κ2) is 7.57. The number of amides is 1. The maximum Gasteiger partial charge on any atom is 0.416 e. The number of hydrogen-bond donors (Lipinski definition) is 0. The molecule has 1 aromatic carbocycles. The number of benzene rings is 1. The Labute approximate surface area is 160 Å². The van der Waals surface area contributed by atoms with Gasteiger partial charge in [-0.2, -0.15) is 23.3 Å². The highest BCUT2D eigenvalue weighted by Crippen LogP contribution is 2.29. The fourth-order valence-corrected chi connectivity index (χ4v) is 3.10. The van der Waals surface area contributed by atoms with Crippen molar-refractivity contribution < 1.29 is 18.0 Å². The van der Waals surface area contributed by atoms with Gasteiger partial charge in [0, 0.05) is 31.4 Å². The molecule has 0 saturated carbocycles. The van der Waals surface area contributed by atoms with Gasteiger partial charge in [0.15, 0.2) is 0 Å². The molecule has 9 heteroatoms. The fraction of sp³-hybridized carbons (Fsp3) is 0.368. The maximum atomic E-state index is 12.6. The Morgan fingerprint density at radius 3 is 2.50 bits per heavy atom. The van der Waals surface area contributed by atoms with Crippen LogP contribution in [0.15, 0.2) is 30.6 Å². The minimum absolute atomic E-state index is 0.0996. The van der Waals surface area contributed by atoms with Gasteiger partial charge in [0.2, 0.25) is 5.91 Å². The highest BCUT2D eigenvalue weighted by atomic mass is 19.4. The van der Waals surface area contributed by atoms with E-state index in [1.807, 2.05) is 13.8 Å². The third-order valence-electron chi connectivity index (χ3n) is 4.70. The fourth-order valence-electron chi connectivity index (χ4n) is 3.10. The summed E-state index contributed by atoms with van der Waals surface area (Å²) in [5, 5.41) is 4.13. The first kappa shape index (κ1) is 19.8. The summed E-state index contributed by atoms with van der Waals surface area (Å²) in [5.41, 5.74) is 2.57. The molecule has 0 aliphatic carbocycles. The lowest BCUT2D eigenvalue weighted by Gasteiger charge is -2.18. The van der Waals surface area contributed by atoms with Crippen molar-refractivity contribution in [3.8, 4) is 0 Å². The van der Waals surface area contributed by atoms with Crippen LogP contribution in [0.5, 0.6) is 0 Å². The number of rotatable bonds is 5. The van der Waals surface area contributed by atoms with Crippen LogP contribution < -0.4 is 0 Å². The normalized spacial score (nSPS) is 11.8. The predicted octanol–water partition coefficient (Wildman–Crippen LogP) is 3.35. The van der Waals surface area contributed by atoms with Gasteiger partial charge in [0.1, 0.15) is 6.33 Å². The molecule has 0 saturated heterocycles. The molecule has 3 aromatic rings. The quantitative estimate of drug-likeness (QED) is 0.669. The van der Waals surface area contributed by atoms with Crippen LogP contribution in [-0.2, 0) is 23.9 Å². The zero-order chi connectivity index (χ0) is 20.5. The predicted molar refractivity (Wildman–Crippen MR) is 96.5 cm³/mol. The van der Waals surface area contributed by atoms with E-state index in [2.05, 4.69) is 15.1 Å². The zero-order valence-electron chi connectivity index (χ0n) is 15.8. The number of nitrogens with zero attached hydrogens (tertiary/aromatic N) is 5. The van der Waals surface area contributed by atoms with E-state index in [4.69, 9.17) is 0 Å². The van der Waals surface area contributed by atoms with E-state index in [0.717, 1.165) is 29.1 Å². The number of aromatic nitrogens is 4. The second-order valence-electron chi connectivity index (χ2n) is 6.68. The summed E-state index contributed by atoms with van der Waals surface area (Å²) in [7, 11) is 1.64. The molecule has 0 aliphatic rings. The molecular weight excluding hydrogens is 371 g/mol. The third kappa shape index (κ3) is 4.13. The van der Waals surface area contributed by atoms with E-state index in [1.165, 1.54) is 23.4 Å². The number of carbonyl (C=O) groups is 1. The average Bonchev–Trinajstić information content (AvgIpc) is 3.09. The van der Waals surface area contributed by atoms with Crippen LogP contribution in [-0.4, -0.2) is 37.4 Å². The maximum absolute atomic E-state index is 12.6. The van der Waals surface area contributed by atoms with Crippen molar-refractivity contribution in [2.75, 3.05) is 7.05 Å². The summed E-state index contributed by atoms with van der Waals surface area (Å²) >= 11 is 0. The molecule has 2 aromatic heterocycles. The molecule has 28 heavy (non-hydrogen) atoms. The first-order chi connectivity index (χ1) is 13.2. The SMILES string of the molecule is Cc1nc2ncnn2c(C)c1CCC(=O)N(C)Cc1ccc(C(F)(F)F)cc1. The van der Waals surface area contributed by atoms with Crippen molar-refractivity contribution >= 4 is 11.7 Å². The molecule has 0 unspecified atom stereocenters. The number of hydrogen-bond acceptors (Lipinski definition) is 4. The number of fused-ring (bicyclic) bond motifs is 1. The molecule has 0 N–H and O–H groups in total. The number of halogens is 3. The van der Waals surface area contributed by atoms with E-state index in [9.17, 15) is 18.0 Å². The molecule has 3 rings (SSSR count). The molecule has 0 radical (unpaired) electrons. The van der Waals surface area contributed by atoms with Crippen LogP contribution in [0.3, 0.4) is 0 Å². The smallest absolute Gasteiger partial charge is 0.341 e. The van der Waals surface area contributed by atoms with Crippen LogP contribution in [0.4, 0.5) is 13.2 Å². The summed E-state index contributed by atoms with van der Waals surface area (Å²) in [6.45, 7) is 4.02. The number of carbonyl (C=O) groups excluding carboxylic acids is 1. The van der Waals surface area contributed by atoms with Gasteiger partial charge in [0.05, 0.1) is 5.56 Å². The highest BCUT2D eigenvalue weighted by Gasteiger charge is 2.30. The molecular formula is C19H20F3N5O. The first-order valence-electron chi connectivity index (χ1n) is 8.72. The van der Waals surface area contributed by atoms with Crippen LogP contribution in [0, 0.1) is 13.8 Å². The van der Waals surface area contributed by atoms with Crippen LogP contribution in [0.25, 0.3) is 5.78 Å². The summed E-state index contributed by atoms with van der Waals surface area (Å²) in [5.74, 6) is 0.418. The monoisotopic (exact) mass is 391 g/mol. The van der Waals surface area contributed by atoms with E-state index in [-0.39, 0.29) is 18.9 Å². The van der Waals surface area contributed by atoms with Crippen LogP contribution in [0.1, 0.15) is 34.5 Å². The van der Waals surface area contributed by atoms with Gasteiger partial charge in [-0.25, -0.2) is 9.50 Å². The van der Waals surface area contributed by atoms with Gasteiger partial charge in [-0.05, 0) is 43.5 Å². The summed E-state index contributed by atoms with van der Waals surface area (Å²) in [4.78, 5) is 22.4. The van der Waals surface area contributed by atoms with Gasteiger partial charge in [-0.15, -0.1) is 0 Å². The molecule has 0 fully saturated rings. The molecule has 0 spiro atoms. The van der Waals surface area contributed by atoms with Gasteiger partial charge < -0.3 is 4.90 Å². The molecule has 148 valence electrons. The third-order valence-corrected chi connectivity index (χ3v) is 4.70. The molecule has 0 atom stereocenters. The average molecular weight is 391 g/mol. The van der Waals surface area contributed by atoms with Gasteiger partial charge in [-0.1, -0.05) is 12.1 Å². The minimum Gasteiger partial charge on any atom is -0.341 e. The molecule has 2 heterocycles. The topological polar surface area (TPSA) is 63.4 Å². The summed E-state index contributed by atoms with van der Waals surface area (Å²) in [6.07, 6.45) is -2.17. The summed E-state index contributed by atoms with van der Waals surface area (Å²) in [6, 6.07) is 4.84. The Kier molecular flexibility index (Phi) is 5.35.